The van der Waals surface area contributed by atoms with Gasteiger partial charge in [-0.25, -0.2) is 4.79 Å². The van der Waals surface area contributed by atoms with Crippen molar-refractivity contribution in [2.45, 2.75) is 13.3 Å². The highest BCUT2D eigenvalue weighted by molar-refractivity contribution is 5.90. The summed E-state index contributed by atoms with van der Waals surface area (Å²) in [4.78, 5) is 11.3. The van der Waals surface area contributed by atoms with Gasteiger partial charge in [-0.3, -0.25) is 0 Å². The van der Waals surface area contributed by atoms with Crippen LogP contribution in [0.25, 0.3) is 0 Å². The van der Waals surface area contributed by atoms with Crippen LogP contribution in [0.1, 0.15) is 21.5 Å². The smallest absolute Gasteiger partial charge is 0.338 e. The van der Waals surface area contributed by atoms with E-state index in [-0.39, 0.29) is 5.97 Å². The lowest BCUT2D eigenvalue weighted by Crippen LogP contribution is -2.06. The van der Waals surface area contributed by atoms with E-state index in [1.54, 1.807) is 6.07 Å². The van der Waals surface area contributed by atoms with Crippen LogP contribution in [0.3, 0.4) is 0 Å². The van der Waals surface area contributed by atoms with E-state index in [0.29, 0.717) is 12.1 Å². The highest BCUT2D eigenvalue weighted by Crippen LogP contribution is 2.12. The number of benzene rings is 1. The summed E-state index contributed by atoms with van der Waals surface area (Å²) >= 11 is 0. The Balaban J connectivity index is 2.95. The Labute approximate surface area is 83.9 Å². The molecule has 0 radical (unpaired) electrons. The SMILES string of the molecule is COC(=O)c1ccc(CCN)cc1C. The molecule has 0 bridgehead atoms. The second-order valence-electron chi connectivity index (χ2n) is 3.18. The van der Waals surface area contributed by atoms with Crippen LogP contribution in [-0.4, -0.2) is 19.6 Å². The van der Waals surface area contributed by atoms with Gasteiger partial charge >= 0.3 is 5.97 Å². The third-order valence-corrected chi connectivity index (χ3v) is 2.13. The maximum Gasteiger partial charge on any atom is 0.338 e. The van der Waals surface area contributed by atoms with E-state index in [1.807, 2.05) is 19.1 Å². The summed E-state index contributed by atoms with van der Waals surface area (Å²) in [7, 11) is 1.38. The Hall–Kier alpha value is -1.35. The summed E-state index contributed by atoms with van der Waals surface area (Å²) in [5.41, 5.74) is 8.15. The first kappa shape index (κ1) is 10.7. The average molecular weight is 193 g/mol. The van der Waals surface area contributed by atoms with Crippen LogP contribution in [-0.2, 0) is 11.2 Å². The Bertz CT molecular complexity index is 334. The number of esters is 1. The van der Waals surface area contributed by atoms with E-state index in [2.05, 4.69) is 4.74 Å². The minimum absolute atomic E-state index is 0.290. The molecular weight excluding hydrogens is 178 g/mol. The van der Waals surface area contributed by atoms with E-state index >= 15 is 0 Å². The molecule has 2 N–H and O–H groups in total. The third-order valence-electron chi connectivity index (χ3n) is 2.13. The van der Waals surface area contributed by atoms with Gasteiger partial charge in [0.25, 0.3) is 0 Å². The van der Waals surface area contributed by atoms with Crippen LogP contribution in [0.15, 0.2) is 18.2 Å². The summed E-state index contributed by atoms with van der Waals surface area (Å²) in [6, 6.07) is 5.66. The molecule has 0 aromatic heterocycles. The summed E-state index contributed by atoms with van der Waals surface area (Å²) in [6.45, 7) is 2.52. The zero-order valence-corrected chi connectivity index (χ0v) is 8.54. The topological polar surface area (TPSA) is 52.3 Å². The molecule has 0 spiro atoms. The molecule has 0 amide bonds. The third kappa shape index (κ3) is 2.33. The fourth-order valence-corrected chi connectivity index (χ4v) is 1.39. The molecular formula is C11H15NO2. The zero-order valence-electron chi connectivity index (χ0n) is 8.54. The van der Waals surface area contributed by atoms with Crippen molar-refractivity contribution >= 4 is 5.97 Å². The average Bonchev–Trinajstić information content (AvgIpc) is 2.17. The highest BCUT2D eigenvalue weighted by atomic mass is 16.5. The maximum atomic E-state index is 11.3. The van der Waals surface area contributed by atoms with Crippen molar-refractivity contribution in [3.63, 3.8) is 0 Å². The molecule has 0 aliphatic heterocycles. The van der Waals surface area contributed by atoms with Crippen molar-refractivity contribution in [2.24, 2.45) is 5.73 Å². The van der Waals surface area contributed by atoms with Crippen molar-refractivity contribution in [3.8, 4) is 0 Å². The van der Waals surface area contributed by atoms with Gasteiger partial charge in [0.1, 0.15) is 0 Å². The second kappa shape index (κ2) is 4.77. The molecule has 14 heavy (non-hydrogen) atoms. The van der Waals surface area contributed by atoms with Gasteiger partial charge in [-0.05, 0) is 37.1 Å². The number of carbonyl (C=O) groups is 1. The molecule has 0 fully saturated rings. The van der Waals surface area contributed by atoms with Crippen LogP contribution in [0.5, 0.6) is 0 Å². The quantitative estimate of drug-likeness (QED) is 0.736. The molecule has 0 aliphatic carbocycles. The van der Waals surface area contributed by atoms with E-state index in [9.17, 15) is 4.79 Å². The number of nitrogens with two attached hydrogens (primary N) is 1. The fourth-order valence-electron chi connectivity index (χ4n) is 1.39. The van der Waals surface area contributed by atoms with Gasteiger partial charge < -0.3 is 10.5 Å². The first-order valence-electron chi connectivity index (χ1n) is 4.57. The van der Waals surface area contributed by atoms with Crippen molar-refractivity contribution in [1.29, 1.82) is 0 Å². The Morgan fingerprint density at radius 1 is 1.50 bits per heavy atom. The van der Waals surface area contributed by atoms with Gasteiger partial charge in [0, 0.05) is 0 Å². The predicted molar refractivity (Wildman–Crippen MR) is 55.3 cm³/mol. The number of methoxy groups -OCH3 is 1. The molecule has 0 unspecified atom stereocenters. The first-order valence-corrected chi connectivity index (χ1v) is 4.57. The Morgan fingerprint density at radius 3 is 2.71 bits per heavy atom. The van der Waals surface area contributed by atoms with Gasteiger partial charge in [0.05, 0.1) is 12.7 Å². The lowest BCUT2D eigenvalue weighted by Gasteiger charge is -2.05. The van der Waals surface area contributed by atoms with Crippen molar-refractivity contribution in [1.82, 2.24) is 0 Å². The molecule has 1 aromatic carbocycles. The number of rotatable bonds is 3. The largest absolute Gasteiger partial charge is 0.465 e. The van der Waals surface area contributed by atoms with Crippen molar-refractivity contribution < 1.29 is 9.53 Å². The normalized spacial score (nSPS) is 9.93. The number of carbonyl (C=O) groups excluding carboxylic acids is 1. The van der Waals surface area contributed by atoms with Gasteiger partial charge in [0.15, 0.2) is 0 Å². The van der Waals surface area contributed by atoms with Gasteiger partial charge in [0.2, 0.25) is 0 Å². The summed E-state index contributed by atoms with van der Waals surface area (Å²) in [5.74, 6) is -0.290. The number of ether oxygens (including phenoxy) is 1. The van der Waals surface area contributed by atoms with Gasteiger partial charge in [-0.15, -0.1) is 0 Å². The van der Waals surface area contributed by atoms with E-state index in [1.165, 1.54) is 7.11 Å². The molecule has 0 heterocycles. The zero-order chi connectivity index (χ0) is 10.6. The Kier molecular flexibility index (Phi) is 3.65. The van der Waals surface area contributed by atoms with Crippen molar-refractivity contribution in [3.05, 3.63) is 34.9 Å². The lowest BCUT2D eigenvalue weighted by molar-refractivity contribution is 0.0600. The fraction of sp³-hybridized carbons (Fsp3) is 0.364. The van der Waals surface area contributed by atoms with Crippen LogP contribution in [0.4, 0.5) is 0 Å². The standard InChI is InChI=1S/C11H15NO2/c1-8-7-9(5-6-12)3-4-10(8)11(13)14-2/h3-4,7H,5-6,12H2,1-2H3. The molecule has 76 valence electrons. The summed E-state index contributed by atoms with van der Waals surface area (Å²) < 4.78 is 4.65. The summed E-state index contributed by atoms with van der Waals surface area (Å²) in [6.07, 6.45) is 0.836. The molecule has 3 heteroatoms. The van der Waals surface area contributed by atoms with Gasteiger partial charge in [-0.2, -0.15) is 0 Å². The van der Waals surface area contributed by atoms with E-state index < -0.39 is 0 Å². The number of hydrogen-bond acceptors (Lipinski definition) is 3. The first-order chi connectivity index (χ1) is 6.69. The van der Waals surface area contributed by atoms with E-state index in [0.717, 1.165) is 17.5 Å². The molecule has 1 aromatic rings. The maximum absolute atomic E-state index is 11.3. The number of aryl methyl sites for hydroxylation is 1. The van der Waals surface area contributed by atoms with Gasteiger partial charge in [-0.1, -0.05) is 12.1 Å². The minimum Gasteiger partial charge on any atom is -0.465 e. The molecule has 0 aliphatic rings. The van der Waals surface area contributed by atoms with Crippen LogP contribution in [0, 0.1) is 6.92 Å². The molecule has 0 saturated carbocycles. The molecule has 3 nitrogen and oxygen atoms in total. The lowest BCUT2D eigenvalue weighted by atomic mass is 10.0. The Morgan fingerprint density at radius 2 is 2.21 bits per heavy atom. The van der Waals surface area contributed by atoms with Crippen LogP contribution >= 0.6 is 0 Å². The van der Waals surface area contributed by atoms with E-state index in [4.69, 9.17) is 5.73 Å². The van der Waals surface area contributed by atoms with Crippen LogP contribution < -0.4 is 5.73 Å². The monoisotopic (exact) mass is 193 g/mol. The highest BCUT2D eigenvalue weighted by Gasteiger charge is 2.08. The predicted octanol–water partition coefficient (Wildman–Crippen LogP) is 1.28. The summed E-state index contributed by atoms with van der Waals surface area (Å²) in [5, 5.41) is 0. The second-order valence-corrected chi connectivity index (χ2v) is 3.18. The van der Waals surface area contributed by atoms with Crippen LogP contribution in [0.2, 0.25) is 0 Å². The minimum atomic E-state index is -0.290. The molecule has 0 saturated heterocycles. The number of hydrogen-bond donors (Lipinski definition) is 1. The molecule has 0 atom stereocenters. The molecule has 1 rings (SSSR count). The van der Waals surface area contributed by atoms with Crippen molar-refractivity contribution in [2.75, 3.05) is 13.7 Å².